The molecule has 0 aliphatic rings. The van der Waals surface area contributed by atoms with E-state index < -0.39 is 15.9 Å². The summed E-state index contributed by atoms with van der Waals surface area (Å²) >= 11 is 3.14. The Bertz CT molecular complexity index is 873. The van der Waals surface area contributed by atoms with Gasteiger partial charge in [0, 0.05) is 6.20 Å². The molecule has 1 aromatic carbocycles. The van der Waals surface area contributed by atoms with Gasteiger partial charge in [0.05, 0.1) is 11.1 Å². The van der Waals surface area contributed by atoms with Crippen molar-refractivity contribution in [3.8, 4) is 0 Å². The summed E-state index contributed by atoms with van der Waals surface area (Å²) in [7, 11) is -3.90. The minimum absolute atomic E-state index is 0.0163. The van der Waals surface area contributed by atoms with Gasteiger partial charge in [0.1, 0.15) is 11.1 Å². The summed E-state index contributed by atoms with van der Waals surface area (Å²) in [4.78, 5) is 15.1. The average molecular weight is 385 g/mol. The predicted octanol–water partition coefficient (Wildman–Crippen LogP) is 0.729. The van der Waals surface area contributed by atoms with Crippen LogP contribution in [0.1, 0.15) is 5.56 Å². The lowest BCUT2D eigenvalue weighted by atomic mass is 10.2. The Morgan fingerprint density at radius 3 is 2.59 bits per heavy atom. The van der Waals surface area contributed by atoms with Crippen LogP contribution in [0.15, 0.2) is 50.6 Å². The Morgan fingerprint density at radius 2 is 2.00 bits per heavy atom. The maximum absolute atomic E-state index is 12.3. The van der Waals surface area contributed by atoms with Gasteiger partial charge in [-0.15, -0.1) is 4.40 Å². The van der Waals surface area contributed by atoms with Crippen molar-refractivity contribution >= 4 is 31.9 Å². The topological polar surface area (TPSA) is 107 Å². The molecule has 2 N–H and O–H groups in total. The molecule has 2 aromatic rings. The lowest BCUT2D eigenvalue weighted by Crippen LogP contribution is -2.29. The van der Waals surface area contributed by atoms with Gasteiger partial charge in [-0.2, -0.15) is 8.42 Å². The van der Waals surface area contributed by atoms with Crippen LogP contribution in [0.2, 0.25) is 0 Å². The molecule has 0 aliphatic heterocycles. The second kappa shape index (κ2) is 6.41. The standard InChI is InChI=1S/C13H13BrN4O3S/c1-9-2-4-10(5-3-9)22(20,21)17-13-6-16-11(14)7-18(13)8-12(15)19/h2-7H,8H2,1H3,(H2,15,19). The predicted molar refractivity (Wildman–Crippen MR) is 83.0 cm³/mol. The Hall–Kier alpha value is -2.00. The van der Waals surface area contributed by atoms with Gasteiger partial charge in [0.15, 0.2) is 5.49 Å². The van der Waals surface area contributed by atoms with Crippen LogP contribution in [-0.2, 0) is 21.4 Å². The lowest BCUT2D eigenvalue weighted by molar-refractivity contribution is -0.118. The molecule has 0 radical (unpaired) electrons. The molecule has 9 heteroatoms. The van der Waals surface area contributed by atoms with Crippen molar-refractivity contribution < 1.29 is 13.2 Å². The van der Waals surface area contributed by atoms with Gasteiger partial charge in [0.25, 0.3) is 10.0 Å². The summed E-state index contributed by atoms with van der Waals surface area (Å²) in [5.74, 6) is -0.618. The number of nitrogens with zero attached hydrogens (tertiary/aromatic N) is 3. The number of benzene rings is 1. The number of carbonyl (C=O) groups is 1. The molecule has 1 heterocycles. The number of rotatable bonds is 4. The number of amides is 1. The van der Waals surface area contributed by atoms with Gasteiger partial charge in [-0.3, -0.25) is 4.79 Å². The third-order valence-electron chi connectivity index (χ3n) is 2.72. The van der Waals surface area contributed by atoms with Crippen LogP contribution < -0.4 is 11.2 Å². The van der Waals surface area contributed by atoms with Crippen molar-refractivity contribution in [3.05, 3.63) is 52.3 Å². The number of halogens is 1. The van der Waals surface area contributed by atoms with Crippen molar-refractivity contribution in [2.75, 3.05) is 0 Å². The third kappa shape index (κ3) is 4.01. The monoisotopic (exact) mass is 384 g/mol. The van der Waals surface area contributed by atoms with E-state index in [1.165, 1.54) is 29.1 Å². The molecular weight excluding hydrogens is 372 g/mol. The highest BCUT2D eigenvalue weighted by atomic mass is 79.9. The summed E-state index contributed by atoms with van der Waals surface area (Å²) in [6.45, 7) is 1.65. The maximum atomic E-state index is 12.3. The fourth-order valence-corrected chi connectivity index (χ4v) is 3.01. The Morgan fingerprint density at radius 1 is 1.36 bits per heavy atom. The number of aryl methyl sites for hydroxylation is 1. The molecule has 0 fully saturated rings. The molecule has 0 bridgehead atoms. The first-order valence-corrected chi connectivity index (χ1v) is 8.39. The quantitative estimate of drug-likeness (QED) is 0.837. The molecule has 0 spiro atoms. The van der Waals surface area contributed by atoms with Gasteiger partial charge >= 0.3 is 0 Å². The van der Waals surface area contributed by atoms with E-state index in [2.05, 4.69) is 25.3 Å². The fourth-order valence-electron chi connectivity index (χ4n) is 1.68. The maximum Gasteiger partial charge on any atom is 0.284 e. The van der Waals surface area contributed by atoms with Crippen LogP contribution in [0.3, 0.4) is 0 Å². The fraction of sp³-hybridized carbons (Fsp3) is 0.154. The lowest BCUT2D eigenvalue weighted by Gasteiger charge is -2.05. The van der Waals surface area contributed by atoms with E-state index in [4.69, 9.17) is 5.73 Å². The van der Waals surface area contributed by atoms with Crippen molar-refractivity contribution in [2.24, 2.45) is 10.1 Å². The zero-order valence-electron chi connectivity index (χ0n) is 11.6. The van der Waals surface area contributed by atoms with Crippen molar-refractivity contribution in [1.29, 1.82) is 0 Å². The van der Waals surface area contributed by atoms with Gasteiger partial charge in [-0.1, -0.05) is 17.7 Å². The van der Waals surface area contributed by atoms with Gasteiger partial charge in [-0.05, 0) is 35.0 Å². The summed E-state index contributed by atoms with van der Waals surface area (Å²) in [6, 6.07) is 6.30. The minimum Gasteiger partial charge on any atom is -0.368 e. The number of sulfonamides is 1. The number of hydrogen-bond donors (Lipinski definition) is 1. The number of carbonyl (C=O) groups excluding carboxylic acids is 1. The first-order valence-electron chi connectivity index (χ1n) is 6.16. The highest BCUT2D eigenvalue weighted by molar-refractivity contribution is 9.10. The van der Waals surface area contributed by atoms with Crippen molar-refractivity contribution in [3.63, 3.8) is 0 Å². The molecule has 0 unspecified atom stereocenters. The Kier molecular flexibility index (Phi) is 4.77. The van der Waals surface area contributed by atoms with E-state index in [-0.39, 0.29) is 16.9 Å². The van der Waals surface area contributed by atoms with E-state index >= 15 is 0 Å². The molecule has 116 valence electrons. The molecule has 1 aromatic heterocycles. The molecule has 7 nitrogen and oxygen atoms in total. The first-order chi connectivity index (χ1) is 10.3. The normalized spacial score (nSPS) is 12.4. The minimum atomic E-state index is -3.90. The molecule has 0 aliphatic carbocycles. The van der Waals surface area contributed by atoms with E-state index in [1.54, 1.807) is 12.1 Å². The Balaban J connectivity index is 2.56. The summed E-state index contributed by atoms with van der Waals surface area (Å²) in [5.41, 5.74) is 6.10. The van der Waals surface area contributed by atoms with Crippen molar-refractivity contribution in [1.82, 2.24) is 9.55 Å². The zero-order chi connectivity index (χ0) is 16.3. The van der Waals surface area contributed by atoms with Crippen LogP contribution in [0, 0.1) is 6.92 Å². The van der Waals surface area contributed by atoms with Crippen LogP contribution >= 0.6 is 15.9 Å². The largest absolute Gasteiger partial charge is 0.368 e. The molecule has 0 saturated heterocycles. The van der Waals surface area contributed by atoms with E-state index in [0.29, 0.717) is 4.60 Å². The molecule has 1 amide bonds. The van der Waals surface area contributed by atoms with Gasteiger partial charge in [-0.25, -0.2) is 4.98 Å². The van der Waals surface area contributed by atoms with Gasteiger partial charge < -0.3 is 10.3 Å². The first kappa shape index (κ1) is 16.4. The van der Waals surface area contributed by atoms with Crippen LogP contribution in [0.25, 0.3) is 0 Å². The van der Waals surface area contributed by atoms with Crippen LogP contribution in [0.5, 0.6) is 0 Å². The highest BCUT2D eigenvalue weighted by Crippen LogP contribution is 2.12. The number of nitrogens with two attached hydrogens (primary N) is 1. The second-order valence-corrected chi connectivity index (χ2v) is 6.96. The van der Waals surface area contributed by atoms with E-state index in [0.717, 1.165) is 5.56 Å². The van der Waals surface area contributed by atoms with E-state index in [1.807, 2.05) is 6.92 Å². The molecule has 22 heavy (non-hydrogen) atoms. The van der Waals surface area contributed by atoms with E-state index in [9.17, 15) is 13.2 Å². The summed E-state index contributed by atoms with van der Waals surface area (Å²) < 4.78 is 30.1. The zero-order valence-corrected chi connectivity index (χ0v) is 14.0. The highest BCUT2D eigenvalue weighted by Gasteiger charge is 2.13. The molecule has 0 atom stereocenters. The smallest absolute Gasteiger partial charge is 0.284 e. The Labute approximate surface area is 135 Å². The van der Waals surface area contributed by atoms with Crippen LogP contribution in [-0.4, -0.2) is 23.9 Å². The van der Waals surface area contributed by atoms with Crippen molar-refractivity contribution in [2.45, 2.75) is 18.4 Å². The molecular formula is C13H13BrN4O3S. The summed E-state index contributed by atoms with van der Waals surface area (Å²) in [6.07, 6.45) is 2.69. The average Bonchev–Trinajstić information content (AvgIpc) is 2.41. The molecule has 0 saturated carbocycles. The number of primary amides is 1. The third-order valence-corrected chi connectivity index (χ3v) is 4.42. The number of hydrogen-bond acceptors (Lipinski definition) is 4. The number of aromatic nitrogens is 2. The molecule has 2 rings (SSSR count). The SMILES string of the molecule is Cc1ccc(S(=O)(=O)N=c2cnc(Br)cn2CC(N)=O)cc1. The van der Waals surface area contributed by atoms with Crippen LogP contribution in [0.4, 0.5) is 0 Å². The second-order valence-electron chi connectivity index (χ2n) is 4.54. The summed E-state index contributed by atoms with van der Waals surface area (Å²) in [5, 5.41) is 0. The van der Waals surface area contributed by atoms with Gasteiger partial charge in [0.2, 0.25) is 5.91 Å².